The Morgan fingerprint density at radius 1 is 1.13 bits per heavy atom. The van der Waals surface area contributed by atoms with Gasteiger partial charge in [0.2, 0.25) is 0 Å². The number of amides is 1. The molecular formula is C25H28N4O. The van der Waals surface area contributed by atoms with Gasteiger partial charge in [0, 0.05) is 41.9 Å². The molecular weight excluding hydrogens is 372 g/mol. The van der Waals surface area contributed by atoms with Gasteiger partial charge in [0.05, 0.1) is 6.21 Å². The normalized spacial score (nSPS) is 17.7. The Morgan fingerprint density at radius 2 is 1.83 bits per heavy atom. The third-order valence-electron chi connectivity index (χ3n) is 6.07. The SMILES string of the molecule is CC1CC(C)(C)N(C)c2ccc(/C=N/NC(=O)c3ccc(-n4cccc4)cc3)cc21. The Morgan fingerprint density at radius 3 is 2.53 bits per heavy atom. The number of nitrogens with one attached hydrogen (secondary N) is 1. The van der Waals surface area contributed by atoms with E-state index in [1.54, 1.807) is 18.3 Å². The van der Waals surface area contributed by atoms with Gasteiger partial charge in [0.25, 0.3) is 5.91 Å². The smallest absolute Gasteiger partial charge is 0.271 e. The first kappa shape index (κ1) is 20.0. The lowest BCUT2D eigenvalue weighted by atomic mass is 9.80. The van der Waals surface area contributed by atoms with Crippen LogP contribution in [-0.2, 0) is 0 Å². The highest BCUT2D eigenvalue weighted by molar-refractivity contribution is 5.95. The summed E-state index contributed by atoms with van der Waals surface area (Å²) in [6.07, 6.45) is 6.75. The fraction of sp³-hybridized carbons (Fsp3) is 0.280. The van der Waals surface area contributed by atoms with Gasteiger partial charge in [-0.3, -0.25) is 4.79 Å². The molecule has 0 spiro atoms. The molecule has 1 N–H and O–H groups in total. The summed E-state index contributed by atoms with van der Waals surface area (Å²) < 4.78 is 2.00. The van der Waals surface area contributed by atoms with Crippen molar-refractivity contribution in [2.24, 2.45) is 5.10 Å². The zero-order chi connectivity index (χ0) is 21.3. The molecule has 1 amide bonds. The summed E-state index contributed by atoms with van der Waals surface area (Å²) in [5.74, 6) is 0.256. The summed E-state index contributed by atoms with van der Waals surface area (Å²) in [7, 11) is 2.15. The van der Waals surface area contributed by atoms with Crippen LogP contribution in [0.15, 0.2) is 72.1 Å². The van der Waals surface area contributed by atoms with E-state index in [0.29, 0.717) is 11.5 Å². The van der Waals surface area contributed by atoms with E-state index in [4.69, 9.17) is 0 Å². The van der Waals surface area contributed by atoms with E-state index in [9.17, 15) is 4.79 Å². The molecule has 3 aromatic rings. The number of hydrogen-bond acceptors (Lipinski definition) is 3. The van der Waals surface area contributed by atoms with E-state index >= 15 is 0 Å². The number of fused-ring (bicyclic) bond motifs is 1. The second-order valence-corrected chi connectivity index (χ2v) is 8.63. The van der Waals surface area contributed by atoms with Crippen molar-refractivity contribution in [3.05, 3.63) is 83.7 Å². The third-order valence-corrected chi connectivity index (χ3v) is 6.07. The number of nitrogens with zero attached hydrogens (tertiary/aromatic N) is 3. The summed E-state index contributed by atoms with van der Waals surface area (Å²) in [6.45, 7) is 6.83. The van der Waals surface area contributed by atoms with E-state index in [-0.39, 0.29) is 11.4 Å². The van der Waals surface area contributed by atoms with Crippen molar-refractivity contribution >= 4 is 17.8 Å². The monoisotopic (exact) mass is 400 g/mol. The number of carbonyl (C=O) groups is 1. The fourth-order valence-electron chi connectivity index (χ4n) is 4.20. The van der Waals surface area contributed by atoms with Gasteiger partial charge in [-0.15, -0.1) is 0 Å². The number of anilines is 1. The molecule has 1 aliphatic rings. The molecule has 0 fully saturated rings. The fourth-order valence-corrected chi connectivity index (χ4v) is 4.20. The molecule has 0 aliphatic carbocycles. The molecule has 5 nitrogen and oxygen atoms in total. The van der Waals surface area contributed by atoms with E-state index in [1.807, 2.05) is 47.3 Å². The molecule has 0 bridgehead atoms. The predicted molar refractivity (Wildman–Crippen MR) is 123 cm³/mol. The van der Waals surface area contributed by atoms with Crippen LogP contribution >= 0.6 is 0 Å². The number of hydrogen-bond donors (Lipinski definition) is 1. The average molecular weight is 401 g/mol. The lowest BCUT2D eigenvalue weighted by Gasteiger charge is -2.45. The summed E-state index contributed by atoms with van der Waals surface area (Å²) in [6, 6.07) is 17.7. The first-order chi connectivity index (χ1) is 14.3. The van der Waals surface area contributed by atoms with Gasteiger partial charge in [-0.1, -0.05) is 13.0 Å². The minimum Gasteiger partial charge on any atom is -0.369 e. The van der Waals surface area contributed by atoms with Crippen molar-refractivity contribution < 1.29 is 4.79 Å². The molecule has 2 heterocycles. The zero-order valence-electron chi connectivity index (χ0n) is 18.0. The summed E-state index contributed by atoms with van der Waals surface area (Å²) >= 11 is 0. The molecule has 0 saturated carbocycles. The quantitative estimate of drug-likeness (QED) is 0.497. The van der Waals surface area contributed by atoms with Gasteiger partial charge >= 0.3 is 0 Å². The Balaban J connectivity index is 1.43. The first-order valence-corrected chi connectivity index (χ1v) is 10.3. The standard InChI is InChI=1S/C25H28N4O/c1-18-16-25(2,3)28(4)23-12-7-19(15-22(18)23)17-26-27-24(30)20-8-10-21(11-9-20)29-13-5-6-14-29/h5-15,17-18H,16H2,1-4H3,(H,27,30)/b26-17+. The summed E-state index contributed by atoms with van der Waals surface area (Å²) in [4.78, 5) is 14.7. The van der Waals surface area contributed by atoms with Crippen LogP contribution in [0.5, 0.6) is 0 Å². The molecule has 0 saturated heterocycles. The van der Waals surface area contributed by atoms with Crippen LogP contribution in [0.1, 0.15) is 54.6 Å². The van der Waals surface area contributed by atoms with Crippen LogP contribution in [0.2, 0.25) is 0 Å². The van der Waals surface area contributed by atoms with Crippen molar-refractivity contribution in [1.29, 1.82) is 0 Å². The van der Waals surface area contributed by atoms with Crippen LogP contribution in [0.4, 0.5) is 5.69 Å². The van der Waals surface area contributed by atoms with Gasteiger partial charge < -0.3 is 9.47 Å². The predicted octanol–water partition coefficient (Wildman–Crippen LogP) is 4.96. The van der Waals surface area contributed by atoms with Gasteiger partial charge in [0.15, 0.2) is 0 Å². The highest BCUT2D eigenvalue weighted by atomic mass is 16.2. The third kappa shape index (κ3) is 3.88. The largest absolute Gasteiger partial charge is 0.369 e. The molecule has 2 aromatic carbocycles. The van der Waals surface area contributed by atoms with Gasteiger partial charge in [-0.25, -0.2) is 5.43 Å². The van der Waals surface area contributed by atoms with E-state index in [1.165, 1.54) is 11.3 Å². The van der Waals surface area contributed by atoms with Gasteiger partial charge in [-0.2, -0.15) is 5.10 Å². The summed E-state index contributed by atoms with van der Waals surface area (Å²) in [5.41, 5.74) is 7.94. The summed E-state index contributed by atoms with van der Waals surface area (Å²) in [5, 5.41) is 4.17. The second-order valence-electron chi connectivity index (χ2n) is 8.63. The average Bonchev–Trinajstić information content (AvgIpc) is 3.27. The Hall–Kier alpha value is -3.34. The maximum Gasteiger partial charge on any atom is 0.271 e. The van der Waals surface area contributed by atoms with Gasteiger partial charge in [-0.05, 0) is 85.8 Å². The molecule has 1 aromatic heterocycles. The Labute approximate surface area is 178 Å². The second kappa shape index (κ2) is 7.82. The molecule has 4 rings (SSSR count). The number of hydrazone groups is 1. The highest BCUT2D eigenvalue weighted by Gasteiger charge is 2.33. The minimum atomic E-state index is -0.224. The van der Waals surface area contributed by atoms with Crippen molar-refractivity contribution in [2.45, 2.75) is 38.6 Å². The Bertz CT molecular complexity index is 1070. The molecule has 30 heavy (non-hydrogen) atoms. The van der Waals surface area contributed by atoms with Crippen LogP contribution in [0, 0.1) is 0 Å². The van der Waals surface area contributed by atoms with E-state index < -0.39 is 0 Å². The lowest BCUT2D eigenvalue weighted by molar-refractivity contribution is 0.0955. The lowest BCUT2D eigenvalue weighted by Crippen LogP contribution is -2.45. The van der Waals surface area contributed by atoms with Crippen molar-refractivity contribution in [3.63, 3.8) is 0 Å². The number of carbonyl (C=O) groups excluding carboxylic acids is 1. The van der Waals surface area contributed by atoms with Crippen LogP contribution in [0.25, 0.3) is 5.69 Å². The molecule has 0 radical (unpaired) electrons. The Kier molecular flexibility index (Phi) is 5.20. The number of benzene rings is 2. The van der Waals surface area contributed by atoms with Crippen LogP contribution < -0.4 is 10.3 Å². The highest BCUT2D eigenvalue weighted by Crippen LogP contribution is 2.42. The topological polar surface area (TPSA) is 49.6 Å². The zero-order valence-corrected chi connectivity index (χ0v) is 18.0. The molecule has 1 aliphatic heterocycles. The molecule has 1 unspecified atom stereocenters. The van der Waals surface area contributed by atoms with Crippen LogP contribution in [-0.4, -0.2) is 29.3 Å². The minimum absolute atomic E-state index is 0.146. The first-order valence-electron chi connectivity index (χ1n) is 10.3. The van der Waals surface area contributed by atoms with E-state index in [2.05, 4.69) is 55.4 Å². The van der Waals surface area contributed by atoms with Crippen molar-refractivity contribution in [1.82, 2.24) is 9.99 Å². The van der Waals surface area contributed by atoms with E-state index in [0.717, 1.165) is 17.7 Å². The van der Waals surface area contributed by atoms with Crippen molar-refractivity contribution in [2.75, 3.05) is 11.9 Å². The van der Waals surface area contributed by atoms with Crippen LogP contribution in [0.3, 0.4) is 0 Å². The number of aromatic nitrogens is 1. The maximum atomic E-state index is 12.4. The number of rotatable bonds is 4. The molecule has 154 valence electrons. The molecule has 1 atom stereocenters. The van der Waals surface area contributed by atoms with Gasteiger partial charge in [0.1, 0.15) is 0 Å². The van der Waals surface area contributed by atoms with Crippen molar-refractivity contribution in [3.8, 4) is 5.69 Å². The molecule has 5 heteroatoms. The maximum absolute atomic E-state index is 12.4.